The van der Waals surface area contributed by atoms with Gasteiger partial charge in [-0.2, -0.15) is 4.98 Å². The molecule has 0 atom stereocenters. The van der Waals surface area contributed by atoms with E-state index in [1.807, 2.05) is 13.8 Å². The summed E-state index contributed by atoms with van der Waals surface area (Å²) < 4.78 is 5.12. The lowest BCUT2D eigenvalue weighted by Crippen LogP contribution is -2.29. The van der Waals surface area contributed by atoms with Gasteiger partial charge in [-0.15, -0.1) is 0 Å². The van der Waals surface area contributed by atoms with Crippen LogP contribution in [0.25, 0.3) is 0 Å². The summed E-state index contributed by atoms with van der Waals surface area (Å²) in [5, 5.41) is 3.90. The maximum atomic E-state index is 12.0. The molecule has 6 heteroatoms. The van der Waals surface area contributed by atoms with Crippen LogP contribution < -0.4 is 0 Å². The second kappa shape index (κ2) is 5.69. The van der Waals surface area contributed by atoms with E-state index in [1.165, 1.54) is 0 Å². The van der Waals surface area contributed by atoms with E-state index in [9.17, 15) is 4.79 Å². The number of hydrogen-bond acceptors (Lipinski definition) is 4. The van der Waals surface area contributed by atoms with Crippen LogP contribution in [0.15, 0.2) is 22.9 Å². The molecule has 0 unspecified atom stereocenters. The van der Waals surface area contributed by atoms with Gasteiger partial charge in [0.15, 0.2) is 5.82 Å². The van der Waals surface area contributed by atoms with Crippen molar-refractivity contribution in [3.63, 3.8) is 0 Å². The van der Waals surface area contributed by atoms with Crippen LogP contribution in [0, 0.1) is 0 Å². The standard InChI is InChI=1S/C13H18N4O2/c1-9(2)12-15-11(16-19-12)6-8-17(3)13(18)10-5-4-7-14-10/h4-5,7,9,14H,6,8H2,1-3H3. The number of hydrogen-bond donors (Lipinski definition) is 1. The largest absolute Gasteiger partial charge is 0.357 e. The molecular weight excluding hydrogens is 244 g/mol. The number of likely N-dealkylation sites (N-methyl/N-ethyl adjacent to an activating group) is 1. The van der Waals surface area contributed by atoms with Crippen molar-refractivity contribution in [2.45, 2.75) is 26.2 Å². The summed E-state index contributed by atoms with van der Waals surface area (Å²) in [6, 6.07) is 3.55. The predicted octanol–water partition coefficient (Wildman–Crippen LogP) is 1.84. The Morgan fingerprint density at radius 2 is 2.32 bits per heavy atom. The number of nitrogens with zero attached hydrogens (tertiary/aromatic N) is 3. The zero-order valence-corrected chi connectivity index (χ0v) is 11.4. The van der Waals surface area contributed by atoms with Crippen LogP contribution in [-0.4, -0.2) is 39.5 Å². The first-order chi connectivity index (χ1) is 9.08. The van der Waals surface area contributed by atoms with E-state index in [0.717, 1.165) is 0 Å². The summed E-state index contributed by atoms with van der Waals surface area (Å²) in [4.78, 5) is 20.8. The Morgan fingerprint density at radius 3 is 2.89 bits per heavy atom. The molecule has 1 amide bonds. The van der Waals surface area contributed by atoms with Gasteiger partial charge in [0.25, 0.3) is 5.91 Å². The van der Waals surface area contributed by atoms with Gasteiger partial charge in [0, 0.05) is 32.1 Å². The fourth-order valence-corrected chi connectivity index (χ4v) is 1.64. The second-order valence-corrected chi connectivity index (χ2v) is 4.76. The van der Waals surface area contributed by atoms with Crippen molar-refractivity contribution in [1.82, 2.24) is 20.0 Å². The minimum absolute atomic E-state index is 0.0439. The van der Waals surface area contributed by atoms with E-state index in [4.69, 9.17) is 4.52 Å². The Kier molecular flexibility index (Phi) is 3.99. The third kappa shape index (κ3) is 3.21. The topological polar surface area (TPSA) is 75.0 Å². The molecule has 2 heterocycles. The number of rotatable bonds is 5. The molecule has 2 rings (SSSR count). The first kappa shape index (κ1) is 13.3. The average molecular weight is 262 g/mol. The number of carbonyl (C=O) groups excluding carboxylic acids is 1. The van der Waals surface area contributed by atoms with Crippen LogP contribution >= 0.6 is 0 Å². The molecule has 0 bridgehead atoms. The van der Waals surface area contributed by atoms with Crippen molar-refractivity contribution in [2.75, 3.05) is 13.6 Å². The molecular formula is C13H18N4O2. The molecule has 0 radical (unpaired) electrons. The van der Waals surface area contributed by atoms with Crippen molar-refractivity contribution >= 4 is 5.91 Å². The Morgan fingerprint density at radius 1 is 1.53 bits per heavy atom. The van der Waals surface area contributed by atoms with E-state index in [-0.39, 0.29) is 11.8 Å². The number of H-pyrrole nitrogens is 1. The van der Waals surface area contributed by atoms with E-state index in [1.54, 1.807) is 30.3 Å². The van der Waals surface area contributed by atoms with E-state index in [0.29, 0.717) is 30.4 Å². The molecule has 0 saturated carbocycles. The lowest BCUT2D eigenvalue weighted by molar-refractivity contribution is 0.0790. The molecule has 0 saturated heterocycles. The third-order valence-electron chi connectivity index (χ3n) is 2.82. The predicted molar refractivity (Wildman–Crippen MR) is 69.8 cm³/mol. The van der Waals surface area contributed by atoms with Crippen molar-refractivity contribution in [3.8, 4) is 0 Å². The molecule has 102 valence electrons. The summed E-state index contributed by atoms with van der Waals surface area (Å²) in [5.74, 6) is 1.44. The maximum absolute atomic E-state index is 12.0. The highest BCUT2D eigenvalue weighted by atomic mass is 16.5. The highest BCUT2D eigenvalue weighted by molar-refractivity contribution is 5.92. The molecule has 0 aliphatic carbocycles. The molecule has 1 N–H and O–H groups in total. The minimum atomic E-state index is -0.0439. The number of aromatic amines is 1. The van der Waals surface area contributed by atoms with Gasteiger partial charge < -0.3 is 14.4 Å². The highest BCUT2D eigenvalue weighted by Gasteiger charge is 2.14. The SMILES string of the molecule is CC(C)c1nc(CCN(C)C(=O)c2ccc[nH]2)no1. The van der Waals surface area contributed by atoms with Gasteiger partial charge in [-0.1, -0.05) is 19.0 Å². The molecule has 0 aliphatic heterocycles. The Hall–Kier alpha value is -2.11. The van der Waals surface area contributed by atoms with Crippen molar-refractivity contribution < 1.29 is 9.32 Å². The average Bonchev–Trinajstić information content (AvgIpc) is 3.05. The van der Waals surface area contributed by atoms with E-state index < -0.39 is 0 Å². The molecule has 6 nitrogen and oxygen atoms in total. The van der Waals surface area contributed by atoms with E-state index in [2.05, 4.69) is 15.1 Å². The van der Waals surface area contributed by atoms with Crippen LogP contribution in [0.1, 0.15) is 42.0 Å². The van der Waals surface area contributed by atoms with Gasteiger partial charge in [0.05, 0.1) is 0 Å². The van der Waals surface area contributed by atoms with Crippen molar-refractivity contribution in [3.05, 3.63) is 35.7 Å². The van der Waals surface area contributed by atoms with Crippen LogP contribution in [0.2, 0.25) is 0 Å². The first-order valence-corrected chi connectivity index (χ1v) is 6.29. The molecule has 19 heavy (non-hydrogen) atoms. The van der Waals surface area contributed by atoms with E-state index >= 15 is 0 Å². The van der Waals surface area contributed by atoms with Crippen molar-refractivity contribution in [2.24, 2.45) is 0 Å². The zero-order valence-electron chi connectivity index (χ0n) is 11.4. The third-order valence-corrected chi connectivity index (χ3v) is 2.82. The van der Waals surface area contributed by atoms with Gasteiger partial charge in [0.2, 0.25) is 5.89 Å². The lowest BCUT2D eigenvalue weighted by atomic mass is 10.2. The van der Waals surface area contributed by atoms with Crippen LogP contribution in [0.5, 0.6) is 0 Å². The second-order valence-electron chi connectivity index (χ2n) is 4.76. The van der Waals surface area contributed by atoms with Gasteiger partial charge in [-0.25, -0.2) is 0 Å². The summed E-state index contributed by atoms with van der Waals surface area (Å²) >= 11 is 0. The van der Waals surface area contributed by atoms with Gasteiger partial charge in [-0.05, 0) is 12.1 Å². The number of aromatic nitrogens is 3. The molecule has 2 aromatic heterocycles. The fraction of sp³-hybridized carbons (Fsp3) is 0.462. The normalized spacial score (nSPS) is 10.9. The van der Waals surface area contributed by atoms with Crippen LogP contribution in [-0.2, 0) is 6.42 Å². The van der Waals surface area contributed by atoms with Crippen LogP contribution in [0.3, 0.4) is 0 Å². The summed E-state index contributed by atoms with van der Waals surface area (Å²) in [5.41, 5.74) is 0.582. The Labute approximate surface area is 111 Å². The summed E-state index contributed by atoms with van der Waals surface area (Å²) in [7, 11) is 1.76. The quantitative estimate of drug-likeness (QED) is 0.892. The monoisotopic (exact) mass is 262 g/mol. The first-order valence-electron chi connectivity index (χ1n) is 6.29. The Balaban J connectivity index is 1.89. The number of amides is 1. The minimum Gasteiger partial charge on any atom is -0.357 e. The van der Waals surface area contributed by atoms with Gasteiger partial charge >= 0.3 is 0 Å². The zero-order chi connectivity index (χ0) is 13.8. The van der Waals surface area contributed by atoms with Crippen molar-refractivity contribution in [1.29, 1.82) is 0 Å². The van der Waals surface area contributed by atoms with Crippen LogP contribution in [0.4, 0.5) is 0 Å². The maximum Gasteiger partial charge on any atom is 0.270 e. The van der Waals surface area contributed by atoms with Gasteiger partial charge in [-0.3, -0.25) is 4.79 Å². The number of nitrogens with one attached hydrogen (secondary N) is 1. The smallest absolute Gasteiger partial charge is 0.270 e. The molecule has 0 fully saturated rings. The fourth-order valence-electron chi connectivity index (χ4n) is 1.64. The summed E-state index contributed by atoms with van der Waals surface area (Å²) in [6.07, 6.45) is 2.31. The molecule has 0 aliphatic rings. The van der Waals surface area contributed by atoms with Gasteiger partial charge in [0.1, 0.15) is 5.69 Å². The number of carbonyl (C=O) groups is 1. The molecule has 2 aromatic rings. The molecule has 0 spiro atoms. The molecule has 0 aromatic carbocycles. The highest BCUT2D eigenvalue weighted by Crippen LogP contribution is 2.11. The Bertz CT molecular complexity index is 531. The lowest BCUT2D eigenvalue weighted by Gasteiger charge is -2.14. The summed E-state index contributed by atoms with van der Waals surface area (Å²) in [6.45, 7) is 4.55.